The molecule has 5 nitrogen and oxygen atoms in total. The highest BCUT2D eigenvalue weighted by atomic mass is 32.2. The summed E-state index contributed by atoms with van der Waals surface area (Å²) in [6.07, 6.45) is 1.97. The number of carbonyl (C=O) groups is 1. The van der Waals surface area contributed by atoms with Gasteiger partial charge in [-0.2, -0.15) is 4.99 Å². The van der Waals surface area contributed by atoms with Crippen LogP contribution in [0.25, 0.3) is 0 Å². The number of para-hydroxylation sites is 1. The number of hydrogen-bond acceptors (Lipinski definition) is 4. The SMILES string of the molecule is O=C(CCCc1ccccc1)N=C1S[C@@H]2CS(=O)(=O)C[C@@H]2N1c1ccccc1. The fourth-order valence-corrected chi connectivity index (χ4v) is 7.64. The van der Waals surface area contributed by atoms with Crippen molar-refractivity contribution in [2.75, 3.05) is 16.4 Å². The number of fused-ring (bicyclic) bond motifs is 1. The van der Waals surface area contributed by atoms with Gasteiger partial charge in [-0.25, -0.2) is 8.42 Å². The molecule has 4 rings (SSSR count). The third kappa shape index (κ3) is 4.31. The zero-order chi connectivity index (χ0) is 19.6. The summed E-state index contributed by atoms with van der Waals surface area (Å²) < 4.78 is 24.2. The zero-order valence-electron chi connectivity index (χ0n) is 15.4. The number of nitrogens with zero attached hydrogens (tertiary/aromatic N) is 2. The van der Waals surface area contributed by atoms with Crippen molar-refractivity contribution in [1.29, 1.82) is 0 Å². The molecule has 7 heteroatoms. The molecule has 0 aromatic heterocycles. The molecule has 0 aliphatic carbocycles. The number of anilines is 1. The first kappa shape index (κ1) is 19.2. The number of sulfone groups is 1. The van der Waals surface area contributed by atoms with Crippen LogP contribution < -0.4 is 4.90 Å². The molecule has 0 radical (unpaired) electrons. The minimum atomic E-state index is -3.05. The van der Waals surface area contributed by atoms with Gasteiger partial charge in [0.15, 0.2) is 15.0 Å². The molecule has 0 spiro atoms. The van der Waals surface area contributed by atoms with Crippen molar-refractivity contribution in [2.45, 2.75) is 30.6 Å². The Hall–Kier alpha value is -2.12. The van der Waals surface area contributed by atoms with E-state index in [0.717, 1.165) is 18.5 Å². The number of rotatable bonds is 5. The summed E-state index contributed by atoms with van der Waals surface area (Å²) >= 11 is 1.42. The number of amides is 1. The maximum absolute atomic E-state index is 12.5. The van der Waals surface area contributed by atoms with E-state index >= 15 is 0 Å². The molecule has 2 saturated heterocycles. The Kier molecular flexibility index (Phi) is 5.55. The summed E-state index contributed by atoms with van der Waals surface area (Å²) in [4.78, 5) is 18.8. The van der Waals surface area contributed by atoms with Gasteiger partial charge in [0.05, 0.1) is 17.5 Å². The summed E-state index contributed by atoms with van der Waals surface area (Å²) in [7, 11) is -3.05. The van der Waals surface area contributed by atoms with Crippen LogP contribution in [0.5, 0.6) is 0 Å². The zero-order valence-corrected chi connectivity index (χ0v) is 17.0. The first-order chi connectivity index (χ1) is 13.5. The molecule has 0 N–H and O–H groups in total. The van der Waals surface area contributed by atoms with E-state index in [1.165, 1.54) is 17.3 Å². The number of aliphatic imine (C=N–C) groups is 1. The molecule has 2 aromatic carbocycles. The Morgan fingerprint density at radius 1 is 1.04 bits per heavy atom. The summed E-state index contributed by atoms with van der Waals surface area (Å²) in [6.45, 7) is 0. The van der Waals surface area contributed by atoms with E-state index < -0.39 is 9.84 Å². The number of carbonyl (C=O) groups excluding carboxylic acids is 1. The first-order valence-electron chi connectivity index (χ1n) is 9.39. The molecule has 0 bridgehead atoms. The Balaban J connectivity index is 1.48. The lowest BCUT2D eigenvalue weighted by atomic mass is 10.1. The number of hydrogen-bond donors (Lipinski definition) is 0. The molecule has 28 heavy (non-hydrogen) atoms. The second-order valence-corrected chi connectivity index (χ2v) is 10.5. The van der Waals surface area contributed by atoms with Crippen LogP contribution in [0.3, 0.4) is 0 Å². The molecule has 1 amide bonds. The molecular formula is C21H22N2O3S2. The van der Waals surface area contributed by atoms with E-state index in [1.54, 1.807) is 0 Å². The van der Waals surface area contributed by atoms with Crippen molar-refractivity contribution in [2.24, 2.45) is 4.99 Å². The largest absolute Gasteiger partial charge is 0.316 e. The van der Waals surface area contributed by atoms with Gasteiger partial charge in [-0.3, -0.25) is 4.79 Å². The van der Waals surface area contributed by atoms with Crippen LogP contribution in [-0.4, -0.2) is 42.3 Å². The van der Waals surface area contributed by atoms with Crippen molar-refractivity contribution < 1.29 is 13.2 Å². The quantitative estimate of drug-likeness (QED) is 0.751. The number of aryl methyl sites for hydroxylation is 1. The predicted octanol–water partition coefficient (Wildman–Crippen LogP) is 3.31. The lowest BCUT2D eigenvalue weighted by Gasteiger charge is -2.24. The van der Waals surface area contributed by atoms with Crippen LogP contribution >= 0.6 is 11.8 Å². The highest BCUT2D eigenvalue weighted by Crippen LogP contribution is 2.40. The van der Waals surface area contributed by atoms with Crippen molar-refractivity contribution in [3.63, 3.8) is 0 Å². The van der Waals surface area contributed by atoms with Crippen LogP contribution in [0.1, 0.15) is 18.4 Å². The van der Waals surface area contributed by atoms with Gasteiger partial charge in [-0.15, -0.1) is 0 Å². The molecule has 0 unspecified atom stereocenters. The third-order valence-electron chi connectivity index (χ3n) is 5.02. The van der Waals surface area contributed by atoms with Gasteiger partial charge in [0, 0.05) is 17.4 Å². The van der Waals surface area contributed by atoms with E-state index in [1.807, 2.05) is 53.4 Å². The summed E-state index contributed by atoms with van der Waals surface area (Å²) in [5.74, 6) is 0.107. The molecule has 0 saturated carbocycles. The maximum atomic E-state index is 12.5. The Morgan fingerprint density at radius 3 is 2.43 bits per heavy atom. The van der Waals surface area contributed by atoms with Crippen LogP contribution in [0, 0.1) is 0 Å². The number of amidine groups is 1. The topological polar surface area (TPSA) is 66.8 Å². The Bertz CT molecular complexity index is 975. The van der Waals surface area contributed by atoms with Crippen LogP contribution in [0.15, 0.2) is 65.7 Å². The summed E-state index contributed by atoms with van der Waals surface area (Å²) in [5.41, 5.74) is 2.10. The normalized spacial score (nSPS) is 24.4. The van der Waals surface area contributed by atoms with E-state index in [-0.39, 0.29) is 28.7 Å². The van der Waals surface area contributed by atoms with Gasteiger partial charge in [0.2, 0.25) is 5.91 Å². The second kappa shape index (κ2) is 8.09. The lowest BCUT2D eigenvalue weighted by Crippen LogP contribution is -2.37. The number of thioether (sulfide) groups is 1. The van der Waals surface area contributed by atoms with Crippen LogP contribution in [0.2, 0.25) is 0 Å². The molecule has 2 heterocycles. The van der Waals surface area contributed by atoms with Crippen LogP contribution in [-0.2, 0) is 21.1 Å². The van der Waals surface area contributed by atoms with Gasteiger partial charge in [-0.05, 0) is 30.5 Å². The Morgan fingerprint density at radius 2 is 1.71 bits per heavy atom. The van der Waals surface area contributed by atoms with Crippen LogP contribution in [0.4, 0.5) is 5.69 Å². The van der Waals surface area contributed by atoms with Gasteiger partial charge in [0.25, 0.3) is 0 Å². The molecule has 2 atom stereocenters. The molecule has 2 fully saturated rings. The van der Waals surface area contributed by atoms with Crippen molar-refractivity contribution in [1.82, 2.24) is 0 Å². The first-order valence-corrected chi connectivity index (χ1v) is 12.1. The van der Waals surface area contributed by atoms with E-state index in [9.17, 15) is 13.2 Å². The molecule has 2 aliphatic rings. The fraction of sp³-hybridized carbons (Fsp3) is 0.333. The maximum Gasteiger partial charge on any atom is 0.248 e. The van der Waals surface area contributed by atoms with Gasteiger partial charge in [-0.1, -0.05) is 60.3 Å². The highest BCUT2D eigenvalue weighted by Gasteiger charge is 2.49. The standard InChI is InChI=1S/C21H22N2O3S2/c24-20(13-7-10-16-8-3-1-4-9-16)22-21-23(17-11-5-2-6-12-17)18-14-28(25,26)15-19(18)27-21/h1-6,8-9,11-12,18-19H,7,10,13-15H2/t18-,19+/m0/s1. The fourth-order valence-electron chi connectivity index (χ4n) is 3.71. The minimum absolute atomic E-state index is 0.0684. The average molecular weight is 415 g/mol. The summed E-state index contributed by atoms with van der Waals surface area (Å²) in [5, 5.41) is 0.557. The third-order valence-corrected chi connectivity index (χ3v) is 8.23. The smallest absolute Gasteiger partial charge is 0.248 e. The van der Waals surface area contributed by atoms with E-state index in [2.05, 4.69) is 17.1 Å². The van der Waals surface area contributed by atoms with Crippen molar-refractivity contribution in [3.8, 4) is 0 Å². The van der Waals surface area contributed by atoms with Gasteiger partial charge < -0.3 is 4.90 Å². The lowest BCUT2D eigenvalue weighted by molar-refractivity contribution is -0.117. The average Bonchev–Trinajstić information content (AvgIpc) is 3.14. The molecule has 146 valence electrons. The Labute approximate surface area is 169 Å². The minimum Gasteiger partial charge on any atom is -0.316 e. The van der Waals surface area contributed by atoms with Gasteiger partial charge >= 0.3 is 0 Å². The molecule has 2 aromatic rings. The second-order valence-electron chi connectivity index (χ2n) is 7.13. The van der Waals surface area contributed by atoms with E-state index in [4.69, 9.17) is 0 Å². The summed E-state index contributed by atoms with van der Waals surface area (Å²) in [6, 6.07) is 19.5. The van der Waals surface area contributed by atoms with Crippen molar-refractivity contribution >= 4 is 38.4 Å². The molecule has 2 aliphatic heterocycles. The van der Waals surface area contributed by atoms with E-state index in [0.29, 0.717) is 11.6 Å². The molecular weight excluding hydrogens is 392 g/mol. The van der Waals surface area contributed by atoms with Crippen molar-refractivity contribution in [3.05, 3.63) is 66.2 Å². The highest BCUT2D eigenvalue weighted by molar-refractivity contribution is 8.16. The predicted molar refractivity (Wildman–Crippen MR) is 115 cm³/mol. The number of benzene rings is 2. The van der Waals surface area contributed by atoms with Gasteiger partial charge in [0.1, 0.15) is 0 Å². The monoisotopic (exact) mass is 414 g/mol.